The van der Waals surface area contributed by atoms with Crippen molar-refractivity contribution >= 4 is 153 Å². The number of nitrogens with zero attached hydrogens (tertiary/aromatic N) is 6. The molecule has 3 heterocycles. The van der Waals surface area contributed by atoms with E-state index in [0.29, 0.717) is 15.6 Å². The fraction of sp³-hybridized carbons (Fsp3) is 0.147. The van der Waals surface area contributed by atoms with Crippen LogP contribution in [-0.2, 0) is 28.2 Å². The number of benzene rings is 3. The Bertz CT molecular complexity index is 2780. The summed E-state index contributed by atoms with van der Waals surface area (Å²) in [7, 11) is 3.97. The van der Waals surface area contributed by atoms with Crippen molar-refractivity contribution in [2.75, 3.05) is 11.9 Å². The number of barbiturate groups is 1. The Morgan fingerprint density at radius 1 is 0.567 bits per heavy atom. The van der Waals surface area contributed by atoms with Crippen LogP contribution in [0, 0.1) is 28.2 Å². The first-order valence-electron chi connectivity index (χ1n) is 15.4. The van der Waals surface area contributed by atoms with Gasteiger partial charge >= 0.3 is 22.6 Å². The molecule has 2 aromatic heterocycles. The summed E-state index contributed by atoms with van der Waals surface area (Å²) in [5, 5.41) is -3.34. The third-order valence-corrected chi connectivity index (χ3v) is 10.0. The summed E-state index contributed by atoms with van der Waals surface area (Å²) in [6.45, 7) is 0. The maximum atomic E-state index is 13.8. The van der Waals surface area contributed by atoms with Crippen molar-refractivity contribution in [1.29, 1.82) is 0 Å². The predicted octanol–water partition coefficient (Wildman–Crippen LogP) is 9.06. The van der Waals surface area contributed by atoms with Gasteiger partial charge in [0, 0.05) is 44.0 Å². The van der Waals surface area contributed by atoms with Gasteiger partial charge in [0.05, 0.1) is 17.1 Å². The second-order valence-electron chi connectivity index (χ2n) is 11.3. The van der Waals surface area contributed by atoms with Crippen molar-refractivity contribution < 1.29 is 32.1 Å². The highest BCUT2D eigenvalue weighted by Crippen LogP contribution is 2.61. The zero-order chi connectivity index (χ0) is 44.8. The maximum Gasteiger partial charge on any atom is 0.339 e. The first-order valence-corrected chi connectivity index (χ1v) is 23.8. The Hall–Kier alpha value is -2.71. The molecule has 1 aliphatic heterocycles. The average Bonchev–Trinajstić information content (AvgIpc) is 3.11. The van der Waals surface area contributed by atoms with E-state index in [9.17, 15) is 51.3 Å². The third kappa shape index (κ3) is 13.9. The molecule has 5 aromatic rings. The number of rotatable bonds is 3. The first-order chi connectivity index (χ1) is 27.2. The molecule has 0 spiro atoms. The van der Waals surface area contributed by atoms with Crippen molar-refractivity contribution in [3.05, 3.63) is 147 Å². The van der Waals surface area contributed by atoms with Gasteiger partial charge in [-0.25, -0.2) is 41.6 Å². The number of carbonyl (C=O) groups excluding carboxylic acids is 3. The van der Waals surface area contributed by atoms with Crippen LogP contribution >= 0.6 is 130 Å². The molecule has 0 bridgehead atoms. The largest absolute Gasteiger partial charge is 0.339 e. The zero-order valence-electron chi connectivity index (χ0n) is 29.6. The summed E-state index contributed by atoms with van der Waals surface area (Å²) in [6, 6.07) is 14.0. The Morgan fingerprint density at radius 3 is 1.38 bits per heavy atom. The van der Waals surface area contributed by atoms with E-state index in [-0.39, 0.29) is 34.8 Å². The van der Waals surface area contributed by atoms with Crippen LogP contribution < -0.4 is 27.4 Å². The molecule has 0 atom stereocenters. The van der Waals surface area contributed by atoms with Gasteiger partial charge in [0.1, 0.15) is 34.2 Å². The number of anilines is 1. The molecule has 14 nitrogen and oxygen atoms in total. The number of halogens is 11. The number of aromatic nitrogens is 4. The molecule has 322 valence electrons. The second kappa shape index (κ2) is 22.6. The predicted molar refractivity (Wildman–Crippen MR) is 251 cm³/mol. The van der Waals surface area contributed by atoms with E-state index < -0.39 is 69.4 Å². The fourth-order valence-corrected chi connectivity index (χ4v) is 6.34. The van der Waals surface area contributed by atoms with Gasteiger partial charge in [0.25, 0.3) is 11.1 Å². The lowest BCUT2D eigenvalue weighted by molar-refractivity contribution is -0.134. The molecule has 0 aliphatic carbocycles. The van der Waals surface area contributed by atoms with E-state index in [1.54, 1.807) is 18.2 Å². The van der Waals surface area contributed by atoms with Gasteiger partial charge in [-0.2, -0.15) is 0 Å². The summed E-state index contributed by atoms with van der Waals surface area (Å²) in [5.41, 5.74) is -2.78. The monoisotopic (exact) mass is 1290 g/mol. The van der Waals surface area contributed by atoms with Gasteiger partial charge in [-0.15, -0.1) is 0 Å². The molecule has 0 N–H and O–H groups in total. The summed E-state index contributed by atoms with van der Waals surface area (Å²) in [5.74, 6) is -3.20. The zero-order valence-corrected chi connectivity index (χ0v) is 40.8. The van der Waals surface area contributed by atoms with Gasteiger partial charge in [-0.05, 0) is 156 Å². The number of hydrogen-bond acceptors (Lipinski definition) is 8. The van der Waals surface area contributed by atoms with Crippen molar-refractivity contribution in [3.63, 3.8) is 0 Å². The van der Waals surface area contributed by atoms with Gasteiger partial charge < -0.3 is 0 Å². The van der Waals surface area contributed by atoms with E-state index >= 15 is 0 Å². The van der Waals surface area contributed by atoms with Crippen LogP contribution in [0.5, 0.6) is 0 Å². The van der Waals surface area contributed by atoms with Crippen LogP contribution in [0.2, 0.25) is 10.3 Å². The molecular formula is C34H26Cl5F3I3N6O8P. The van der Waals surface area contributed by atoms with Crippen molar-refractivity contribution in [3.8, 4) is 11.4 Å². The number of urea groups is 1. The lowest BCUT2D eigenvalue weighted by Crippen LogP contribution is -2.53. The highest BCUT2D eigenvalue weighted by molar-refractivity contribution is 14.1. The lowest BCUT2D eigenvalue weighted by atomic mass is 10.2. The van der Waals surface area contributed by atoms with Gasteiger partial charge in [-0.1, -0.05) is 30.6 Å². The summed E-state index contributed by atoms with van der Waals surface area (Å²) >= 11 is 31.2. The van der Waals surface area contributed by atoms with E-state index in [4.69, 9.17) is 23.2 Å². The number of hydrogen-bond donors (Lipinski definition) is 0. The molecule has 4 amide bonds. The highest BCUT2D eigenvalue weighted by Gasteiger charge is 2.37. The Balaban J connectivity index is 0.000000291. The smallest absolute Gasteiger partial charge is 0.287 e. The van der Waals surface area contributed by atoms with E-state index in [1.807, 2.05) is 67.8 Å². The minimum atomic E-state index is -3.22. The van der Waals surface area contributed by atoms with Gasteiger partial charge in [-0.3, -0.25) is 37.8 Å². The van der Waals surface area contributed by atoms with Crippen LogP contribution in [0.3, 0.4) is 0 Å². The molecule has 0 radical (unpaired) electrons. The topological polar surface area (TPSA) is 163 Å². The number of imide groups is 2. The molecule has 60 heavy (non-hydrogen) atoms. The Kier molecular flexibility index (Phi) is 20.1. The summed E-state index contributed by atoms with van der Waals surface area (Å²) < 4.78 is 56.5. The summed E-state index contributed by atoms with van der Waals surface area (Å²) in [6.07, 6.45) is -0.437. The van der Waals surface area contributed by atoms with Crippen LogP contribution in [-0.4, -0.2) is 48.1 Å². The van der Waals surface area contributed by atoms with E-state index in [0.717, 1.165) is 35.3 Å². The lowest BCUT2D eigenvalue weighted by Gasteiger charge is -2.30. The molecule has 0 unspecified atom stereocenters. The molecule has 0 saturated carbocycles. The van der Waals surface area contributed by atoms with Crippen molar-refractivity contribution in [1.82, 2.24) is 23.2 Å². The Morgan fingerprint density at radius 2 is 0.950 bits per heavy atom. The first kappa shape index (κ1) is 53.4. The van der Waals surface area contributed by atoms with Crippen LogP contribution in [0.4, 0.5) is 23.7 Å². The van der Waals surface area contributed by atoms with E-state index in [1.165, 1.54) is 57.5 Å². The minimum absolute atomic E-state index is 0. The quantitative estimate of drug-likeness (QED) is 0.0748. The highest BCUT2D eigenvalue weighted by atomic mass is 127. The standard InChI is InChI=1S/2C11H7ClFIN2O2.C11H8FIN2O3.CH4.Cl3OP/c1-15-10(17)5-9(12)16(11(15)18)8-3-2-6(14)4-7(8)13;1-15-9(12)5-10(17)16(11(15)18)8-3-2-6(14)4-7(8)13;1-14-9(16)5-10(17)15(11(14)18)8-3-2-6(13)4-7(8)12;;1-5(2,3)4/h2*2-5H,1H3;2-4H,5H2,1H3;1H4;. The molecule has 1 saturated heterocycles. The minimum Gasteiger partial charge on any atom is -0.287 e. The van der Waals surface area contributed by atoms with Crippen molar-refractivity contribution in [2.45, 2.75) is 13.8 Å². The van der Waals surface area contributed by atoms with Crippen LogP contribution in [0.15, 0.2) is 85.9 Å². The van der Waals surface area contributed by atoms with E-state index in [2.05, 4.69) is 33.7 Å². The van der Waals surface area contributed by atoms with Gasteiger partial charge in [0.15, 0.2) is 0 Å². The Labute approximate surface area is 402 Å². The molecule has 3 aromatic carbocycles. The average molecular weight is 1290 g/mol. The molecule has 6 rings (SSSR count). The normalized spacial score (nSPS) is 12.3. The second-order valence-corrected chi connectivity index (χ2v) is 22.4. The molecule has 26 heteroatoms. The summed E-state index contributed by atoms with van der Waals surface area (Å²) in [4.78, 5) is 83.2. The number of amides is 4. The van der Waals surface area contributed by atoms with Crippen LogP contribution in [0.25, 0.3) is 11.4 Å². The van der Waals surface area contributed by atoms with Gasteiger partial charge in [0.2, 0.25) is 11.8 Å². The third-order valence-electron chi connectivity index (χ3n) is 7.38. The molecule has 1 fully saturated rings. The maximum absolute atomic E-state index is 13.8. The molecular weight excluding hydrogens is 1270 g/mol. The number of carbonyl (C=O) groups is 3. The van der Waals surface area contributed by atoms with Crippen molar-refractivity contribution in [2.24, 2.45) is 14.1 Å². The SMILES string of the molecule is C.CN1C(=O)CC(=O)N(c2ccc(I)cc2F)C1=O.Cn1c(=O)cc(Cl)n(-c2ccc(I)cc2F)c1=O.Cn1c(Cl)cc(=O)n(-c2ccc(I)cc2F)c1=O.O=P(Cl)(Cl)Cl. The molecule has 1 aliphatic rings. The van der Waals surface area contributed by atoms with Crippen LogP contribution in [0.1, 0.15) is 13.8 Å². The fourth-order valence-electron chi connectivity index (χ4n) is 4.55.